The molecule has 4 aromatic rings. The minimum absolute atomic E-state index is 0.0615. The van der Waals surface area contributed by atoms with Gasteiger partial charge < -0.3 is 0 Å². The van der Waals surface area contributed by atoms with Crippen LogP contribution in [0.15, 0.2) is 72.6 Å². The average Bonchev–Trinajstić information content (AvgIpc) is 2.89. The van der Waals surface area contributed by atoms with Gasteiger partial charge in [0.15, 0.2) is 23.3 Å². The third-order valence-electron chi connectivity index (χ3n) is 6.15. The highest BCUT2D eigenvalue weighted by molar-refractivity contribution is 5.71. The summed E-state index contributed by atoms with van der Waals surface area (Å²) >= 11 is 0. The van der Waals surface area contributed by atoms with Crippen LogP contribution in [0.1, 0.15) is 30.0 Å². The van der Waals surface area contributed by atoms with Gasteiger partial charge in [-0.05, 0) is 71.8 Å². The first-order valence-corrected chi connectivity index (χ1v) is 11.6. The van der Waals surface area contributed by atoms with Crippen LogP contribution in [0.3, 0.4) is 0 Å². The Kier molecular flexibility index (Phi) is 7.99. The topological polar surface area (TPSA) is 0 Å². The smallest absolute Gasteiger partial charge is 0.194 e. The average molecular weight is 532 g/mol. The van der Waals surface area contributed by atoms with E-state index >= 15 is 0 Å². The lowest BCUT2D eigenvalue weighted by Crippen LogP contribution is -1.98. The number of aryl methyl sites for hydroxylation is 2. The first-order chi connectivity index (χ1) is 18.1. The van der Waals surface area contributed by atoms with Crippen LogP contribution in [0.2, 0.25) is 0 Å². The molecule has 4 rings (SSSR count). The number of rotatable bonds is 7. The summed E-state index contributed by atoms with van der Waals surface area (Å²) in [6.45, 7) is 1.44. The third kappa shape index (κ3) is 5.64. The van der Waals surface area contributed by atoms with Gasteiger partial charge in [-0.1, -0.05) is 43.3 Å². The Morgan fingerprint density at radius 3 is 1.79 bits per heavy atom. The van der Waals surface area contributed by atoms with Crippen LogP contribution in [0, 0.1) is 34.9 Å². The fourth-order valence-electron chi connectivity index (χ4n) is 4.05. The van der Waals surface area contributed by atoms with Crippen molar-refractivity contribution in [3.63, 3.8) is 0 Å². The van der Waals surface area contributed by atoms with Gasteiger partial charge in [-0.2, -0.15) is 0 Å². The summed E-state index contributed by atoms with van der Waals surface area (Å²) in [6.07, 6.45) is 0.256. The van der Waals surface area contributed by atoms with Crippen LogP contribution >= 0.6 is 0 Å². The molecule has 0 bridgehead atoms. The second-order valence-electron chi connectivity index (χ2n) is 8.64. The Balaban J connectivity index is 1.51. The minimum Gasteiger partial charge on any atom is -0.209 e. The fraction of sp³-hybridized carbons (Fsp3) is 0.133. The second-order valence-corrected chi connectivity index (χ2v) is 8.64. The molecule has 0 atom stereocenters. The molecule has 38 heavy (non-hydrogen) atoms. The van der Waals surface area contributed by atoms with E-state index in [1.165, 1.54) is 43.3 Å². The van der Waals surface area contributed by atoms with Crippen molar-refractivity contribution in [2.24, 2.45) is 0 Å². The van der Waals surface area contributed by atoms with Crippen molar-refractivity contribution in [1.82, 2.24) is 0 Å². The van der Waals surface area contributed by atoms with Crippen LogP contribution in [0.4, 0.5) is 35.1 Å². The fourth-order valence-corrected chi connectivity index (χ4v) is 4.05. The molecule has 0 radical (unpaired) electrons. The third-order valence-corrected chi connectivity index (χ3v) is 6.15. The van der Waals surface area contributed by atoms with E-state index in [-0.39, 0.29) is 52.6 Å². The molecule has 0 saturated heterocycles. The van der Waals surface area contributed by atoms with E-state index in [4.69, 9.17) is 0 Å². The molecular formula is C30H20F8. The SMILES string of the molecule is CCC(F)=C(F)c1ccc(CCc2ccc(-c3ccc(-c4cc(F)c(F)c(F)c4)c(F)c3)c(F)c2)c(F)c1. The molecule has 0 aromatic heterocycles. The van der Waals surface area contributed by atoms with Gasteiger partial charge in [0.25, 0.3) is 0 Å². The van der Waals surface area contributed by atoms with Crippen LogP contribution in [-0.4, -0.2) is 0 Å². The summed E-state index contributed by atoms with van der Waals surface area (Å²) in [5.74, 6) is -8.95. The standard InChI is InChI=1S/C30H20F8/c1-2-23(31)29(37)19-7-6-17(24(32)13-19)5-3-16-4-9-21(25(33)11-16)18-8-10-22(26(34)12-18)20-14-27(35)30(38)28(36)15-20/h4,6-15H,2-3,5H2,1H3. The molecular weight excluding hydrogens is 512 g/mol. The van der Waals surface area contributed by atoms with E-state index in [1.54, 1.807) is 6.07 Å². The summed E-state index contributed by atoms with van der Waals surface area (Å²) in [4.78, 5) is 0. The molecule has 0 unspecified atom stereocenters. The first-order valence-electron chi connectivity index (χ1n) is 11.6. The normalized spacial score (nSPS) is 12.0. The largest absolute Gasteiger partial charge is 0.209 e. The number of allylic oxidation sites excluding steroid dienone is 1. The Morgan fingerprint density at radius 1 is 0.579 bits per heavy atom. The zero-order chi connectivity index (χ0) is 27.6. The highest BCUT2D eigenvalue weighted by atomic mass is 19.2. The maximum absolute atomic E-state index is 14.9. The van der Waals surface area contributed by atoms with Crippen molar-refractivity contribution in [2.45, 2.75) is 26.2 Å². The van der Waals surface area contributed by atoms with Crippen LogP contribution in [-0.2, 0) is 12.8 Å². The van der Waals surface area contributed by atoms with E-state index < -0.39 is 46.6 Å². The van der Waals surface area contributed by atoms with E-state index in [0.29, 0.717) is 17.7 Å². The van der Waals surface area contributed by atoms with Gasteiger partial charge in [-0.25, -0.2) is 35.1 Å². The Morgan fingerprint density at radius 2 is 1.18 bits per heavy atom. The van der Waals surface area contributed by atoms with Crippen molar-refractivity contribution < 1.29 is 35.1 Å². The van der Waals surface area contributed by atoms with Crippen molar-refractivity contribution >= 4 is 5.83 Å². The predicted octanol–water partition coefficient (Wildman–Crippen LogP) is 9.66. The Labute approximate surface area is 213 Å². The molecule has 0 N–H and O–H groups in total. The summed E-state index contributed by atoms with van der Waals surface area (Å²) in [7, 11) is 0. The summed E-state index contributed by atoms with van der Waals surface area (Å²) < 4.78 is 112. The molecule has 0 spiro atoms. The van der Waals surface area contributed by atoms with Gasteiger partial charge >= 0.3 is 0 Å². The lowest BCUT2D eigenvalue weighted by molar-refractivity contribution is 0.447. The predicted molar refractivity (Wildman–Crippen MR) is 130 cm³/mol. The van der Waals surface area contributed by atoms with Gasteiger partial charge in [0, 0.05) is 16.7 Å². The summed E-state index contributed by atoms with van der Waals surface area (Å²) in [5, 5.41) is 0. The quantitative estimate of drug-likeness (QED) is 0.164. The molecule has 0 fully saturated rings. The van der Waals surface area contributed by atoms with Crippen molar-refractivity contribution in [3.05, 3.63) is 124 Å². The van der Waals surface area contributed by atoms with Crippen molar-refractivity contribution in [2.75, 3.05) is 0 Å². The zero-order valence-corrected chi connectivity index (χ0v) is 20.0. The molecule has 0 nitrogen and oxygen atoms in total. The van der Waals surface area contributed by atoms with Gasteiger partial charge in [0.2, 0.25) is 0 Å². The van der Waals surface area contributed by atoms with Crippen LogP contribution in [0.5, 0.6) is 0 Å². The van der Waals surface area contributed by atoms with Gasteiger partial charge in [0.05, 0.1) is 0 Å². The summed E-state index contributed by atoms with van der Waals surface area (Å²) in [5.41, 5.74) is 0.386. The number of hydrogen-bond donors (Lipinski definition) is 0. The number of hydrogen-bond acceptors (Lipinski definition) is 0. The Hall–Kier alpha value is -3.94. The highest BCUT2D eigenvalue weighted by Crippen LogP contribution is 2.32. The van der Waals surface area contributed by atoms with Gasteiger partial charge in [-0.3, -0.25) is 0 Å². The lowest BCUT2D eigenvalue weighted by Gasteiger charge is -2.10. The number of benzene rings is 4. The van der Waals surface area contributed by atoms with E-state index in [0.717, 1.165) is 12.1 Å². The monoisotopic (exact) mass is 532 g/mol. The van der Waals surface area contributed by atoms with Gasteiger partial charge in [-0.15, -0.1) is 0 Å². The molecule has 4 aromatic carbocycles. The van der Waals surface area contributed by atoms with Crippen molar-refractivity contribution in [3.8, 4) is 22.3 Å². The van der Waals surface area contributed by atoms with E-state index in [1.807, 2.05) is 0 Å². The van der Waals surface area contributed by atoms with Crippen molar-refractivity contribution in [1.29, 1.82) is 0 Å². The van der Waals surface area contributed by atoms with E-state index in [9.17, 15) is 35.1 Å². The van der Waals surface area contributed by atoms with Crippen LogP contribution < -0.4 is 0 Å². The number of halogens is 8. The maximum Gasteiger partial charge on any atom is 0.194 e. The van der Waals surface area contributed by atoms with E-state index in [2.05, 4.69) is 0 Å². The molecule has 196 valence electrons. The molecule has 0 amide bonds. The summed E-state index contributed by atoms with van der Waals surface area (Å²) in [6, 6.07) is 12.7. The molecule has 8 heteroatoms. The van der Waals surface area contributed by atoms with Crippen LogP contribution in [0.25, 0.3) is 28.1 Å². The maximum atomic E-state index is 14.9. The lowest BCUT2D eigenvalue weighted by atomic mass is 9.97. The molecule has 0 aliphatic carbocycles. The molecule has 0 aliphatic heterocycles. The highest BCUT2D eigenvalue weighted by Gasteiger charge is 2.16. The van der Waals surface area contributed by atoms with Gasteiger partial charge in [0.1, 0.15) is 23.3 Å². The molecule has 0 saturated carbocycles. The Bertz CT molecular complexity index is 1510. The molecule has 0 aliphatic rings. The molecule has 0 heterocycles. The first kappa shape index (κ1) is 27.1. The second kappa shape index (κ2) is 11.2. The minimum atomic E-state index is -1.67. The zero-order valence-electron chi connectivity index (χ0n) is 20.0.